The van der Waals surface area contributed by atoms with E-state index in [9.17, 15) is 47.7 Å². The van der Waals surface area contributed by atoms with Crippen molar-refractivity contribution in [3.8, 4) is 0 Å². The van der Waals surface area contributed by atoms with Crippen LogP contribution in [0.3, 0.4) is 0 Å². The number of nitrogens with zero attached hydrogens (tertiary/aromatic N) is 1. The largest absolute Gasteiger partial charge is 0.513 e. The lowest BCUT2D eigenvalue weighted by atomic mass is 11.6. The van der Waals surface area contributed by atoms with Crippen LogP contribution >= 0.6 is 7.59 Å². The van der Waals surface area contributed by atoms with Crippen LogP contribution in [0.5, 0.6) is 0 Å². The summed E-state index contributed by atoms with van der Waals surface area (Å²) in [6, 6.07) is 0. The van der Waals surface area contributed by atoms with Gasteiger partial charge in [-0.05, 0) is 0 Å². The Balaban J connectivity index is 6.50. The summed E-state index contributed by atoms with van der Waals surface area (Å²) in [5, 5.41) is 0. The number of nitrogens with two attached hydrogens (primary N) is 2. The van der Waals surface area contributed by atoms with Crippen molar-refractivity contribution in [3.05, 3.63) is 0 Å². The predicted molar refractivity (Wildman–Crippen MR) is 47.8 cm³/mol. The first-order valence-electron chi connectivity index (χ1n) is 3.47. The van der Waals surface area contributed by atoms with E-state index < -0.39 is 42.1 Å². The molecular weight excluding hydrogens is 355 g/mol. The normalized spacial score (nSPS) is 15.8. The van der Waals surface area contributed by atoms with Crippen LogP contribution in [-0.4, -0.2) is 31.3 Å². The summed E-state index contributed by atoms with van der Waals surface area (Å²) < 4.78 is 123. The second-order valence-electron chi connectivity index (χ2n) is 2.75. The molecule has 0 aliphatic carbocycles. The van der Waals surface area contributed by atoms with Crippen LogP contribution in [-0.2, 0) is 24.6 Å². The van der Waals surface area contributed by atoms with Gasteiger partial charge in [0.25, 0.3) is 0 Å². The van der Waals surface area contributed by atoms with Gasteiger partial charge in [-0.15, -0.1) is 0 Å². The van der Waals surface area contributed by atoms with E-state index in [4.69, 9.17) is 0 Å². The van der Waals surface area contributed by atoms with Gasteiger partial charge in [-0.2, -0.15) is 26.3 Å². The Hall–Kier alpha value is -0.410. The first kappa shape index (κ1) is 18.6. The monoisotopic (exact) mass is 359 g/mol. The van der Waals surface area contributed by atoms with Crippen molar-refractivity contribution in [2.45, 2.75) is 11.0 Å². The topological polar surface area (TPSA) is 141 Å². The van der Waals surface area contributed by atoms with Crippen molar-refractivity contribution in [2.75, 3.05) is 0 Å². The molecule has 0 saturated carbocycles. The molecule has 0 aliphatic rings. The Labute approximate surface area is 102 Å². The maximum absolute atomic E-state index is 12.0. The van der Waals surface area contributed by atoms with Crippen LogP contribution in [0.25, 0.3) is 0 Å². The lowest BCUT2D eigenvalue weighted by molar-refractivity contribution is -0.0507. The maximum atomic E-state index is 12.0. The summed E-state index contributed by atoms with van der Waals surface area (Å²) in [6.45, 7) is 0. The lowest BCUT2D eigenvalue weighted by Crippen LogP contribution is -2.49. The Morgan fingerprint density at radius 3 is 1.11 bits per heavy atom. The summed E-state index contributed by atoms with van der Waals surface area (Å²) in [6.07, 6.45) is 0. The summed E-state index contributed by atoms with van der Waals surface area (Å²) in [5.74, 6) is 0. The number of rotatable bonds is 3. The fraction of sp³-hybridized carbons (Fsp3) is 1.00. The second kappa shape index (κ2) is 4.56. The minimum Gasteiger partial charge on any atom is -0.269 e. The molecule has 0 bridgehead atoms. The van der Waals surface area contributed by atoms with Crippen molar-refractivity contribution < 1.29 is 47.7 Å². The van der Waals surface area contributed by atoms with Gasteiger partial charge in [0.2, 0.25) is 0 Å². The molecule has 0 saturated heterocycles. The molecule has 8 nitrogen and oxygen atoms in total. The van der Waals surface area contributed by atoms with Crippen LogP contribution in [0.1, 0.15) is 0 Å². The van der Waals surface area contributed by atoms with Gasteiger partial charge in [-0.3, -0.25) is 15.6 Å². The van der Waals surface area contributed by atoms with Crippen LogP contribution in [0.4, 0.5) is 26.3 Å². The molecule has 0 aromatic carbocycles. The molecule has 0 fully saturated rings. The standard InChI is InChI=1S/C2H4F6N3O5PS2/c3-1(4,5)18(13,14)11(17(9,10)12)19(15,16)2(6,7)8/h(H4,9,10,12). The van der Waals surface area contributed by atoms with Gasteiger partial charge in [0.1, 0.15) is 0 Å². The van der Waals surface area contributed by atoms with Gasteiger partial charge >= 0.3 is 38.7 Å². The van der Waals surface area contributed by atoms with E-state index in [-0.39, 0.29) is 0 Å². The smallest absolute Gasteiger partial charge is 0.269 e. The fourth-order valence-corrected chi connectivity index (χ4v) is 5.78. The van der Waals surface area contributed by atoms with E-state index in [2.05, 4.69) is 11.0 Å². The SMILES string of the molecule is NP(N)(=O)N(S(=O)(=O)C(F)(F)F)S(=O)(=O)C(F)(F)F. The zero-order valence-electron chi connectivity index (χ0n) is 8.17. The van der Waals surface area contributed by atoms with Crippen molar-refractivity contribution in [3.63, 3.8) is 0 Å². The highest BCUT2D eigenvalue weighted by Crippen LogP contribution is 2.47. The summed E-state index contributed by atoms with van der Waals surface area (Å²) in [4.78, 5) is 0. The Morgan fingerprint density at radius 1 is 0.789 bits per heavy atom. The Morgan fingerprint density at radius 2 is 1.00 bits per heavy atom. The number of hydrogen-bond acceptors (Lipinski definition) is 5. The lowest BCUT2D eigenvalue weighted by Gasteiger charge is -2.25. The first-order valence-corrected chi connectivity index (χ1v) is 8.15. The number of sulfonamides is 2. The minimum atomic E-state index is -7.22. The number of hydrogen-bond donors (Lipinski definition) is 2. The average molecular weight is 359 g/mol. The quantitative estimate of drug-likeness (QED) is 0.534. The third-order valence-electron chi connectivity index (χ3n) is 1.25. The van der Waals surface area contributed by atoms with E-state index in [1.807, 2.05) is 0 Å². The third kappa shape index (κ3) is 3.38. The Bertz CT molecular complexity index is 554. The molecule has 0 aromatic heterocycles. The highest BCUT2D eigenvalue weighted by atomic mass is 32.3. The van der Waals surface area contributed by atoms with E-state index in [1.165, 1.54) is 0 Å². The Kier molecular flexibility index (Phi) is 4.46. The molecule has 17 heteroatoms. The highest BCUT2D eigenvalue weighted by molar-refractivity contribution is 8.11. The van der Waals surface area contributed by atoms with Crippen molar-refractivity contribution in [1.82, 2.24) is 3.48 Å². The molecule has 0 amide bonds. The molecule has 0 aromatic rings. The van der Waals surface area contributed by atoms with Gasteiger partial charge in [0.05, 0.1) is 0 Å². The molecule has 0 aliphatic heterocycles. The van der Waals surface area contributed by atoms with E-state index >= 15 is 0 Å². The molecule has 19 heavy (non-hydrogen) atoms. The molecule has 0 atom stereocenters. The number of halogens is 6. The maximum Gasteiger partial charge on any atom is 0.513 e. The zero-order valence-corrected chi connectivity index (χ0v) is 10.7. The first-order chi connectivity index (χ1) is 7.87. The second-order valence-corrected chi connectivity index (χ2v) is 8.83. The van der Waals surface area contributed by atoms with E-state index in [0.29, 0.717) is 0 Å². The molecule has 4 N–H and O–H groups in total. The van der Waals surface area contributed by atoms with Gasteiger partial charge in [0.15, 0.2) is 0 Å². The van der Waals surface area contributed by atoms with Crippen LogP contribution < -0.4 is 11.0 Å². The van der Waals surface area contributed by atoms with Gasteiger partial charge < -0.3 is 0 Å². The van der Waals surface area contributed by atoms with Crippen LogP contribution in [0.15, 0.2) is 0 Å². The summed E-state index contributed by atoms with van der Waals surface area (Å²) in [7, 11) is -20.4. The van der Waals surface area contributed by atoms with Crippen LogP contribution in [0, 0.1) is 0 Å². The molecular formula is C2H4F6N3O5PS2. The molecule has 0 radical (unpaired) electrons. The summed E-state index contributed by atoms with van der Waals surface area (Å²) >= 11 is 0. The zero-order chi connectivity index (χ0) is 16.1. The van der Waals surface area contributed by atoms with Crippen molar-refractivity contribution in [2.24, 2.45) is 11.0 Å². The van der Waals surface area contributed by atoms with E-state index in [0.717, 1.165) is 0 Å². The third-order valence-corrected chi connectivity index (χ3v) is 7.75. The summed E-state index contributed by atoms with van der Waals surface area (Å²) in [5.41, 5.74) is -4.74. The molecule has 0 unspecified atom stereocenters. The van der Waals surface area contributed by atoms with Crippen molar-refractivity contribution in [1.29, 1.82) is 0 Å². The molecule has 0 spiro atoms. The van der Waals surface area contributed by atoms with Gasteiger partial charge in [-0.1, -0.05) is 0 Å². The van der Waals surface area contributed by atoms with E-state index in [1.54, 1.807) is 0 Å². The molecule has 0 rings (SSSR count). The average Bonchev–Trinajstić information content (AvgIpc) is 1.93. The molecule has 116 valence electrons. The predicted octanol–water partition coefficient (Wildman–Crippen LogP) is 0.0131. The number of alkyl halides is 6. The van der Waals surface area contributed by atoms with Crippen molar-refractivity contribution >= 4 is 27.6 Å². The molecule has 0 heterocycles. The highest BCUT2D eigenvalue weighted by Gasteiger charge is 2.66. The van der Waals surface area contributed by atoms with Crippen LogP contribution in [0.2, 0.25) is 0 Å². The fourth-order valence-electron chi connectivity index (χ4n) is 0.642. The minimum absolute atomic E-state index is 2.47. The van der Waals surface area contributed by atoms with Gasteiger partial charge in [-0.25, -0.2) is 16.8 Å². The van der Waals surface area contributed by atoms with Gasteiger partial charge in [0, 0.05) is 3.48 Å².